The van der Waals surface area contributed by atoms with Crippen LogP contribution in [0.4, 0.5) is 0 Å². The van der Waals surface area contributed by atoms with Crippen LogP contribution < -0.4 is 5.32 Å². The van der Waals surface area contributed by atoms with Crippen LogP contribution in [0.3, 0.4) is 0 Å². The summed E-state index contributed by atoms with van der Waals surface area (Å²) in [6.45, 7) is 1.65. The Kier molecular flexibility index (Phi) is 1.50. The molecule has 0 aromatic carbocycles. The first kappa shape index (κ1) is 7.84. The number of hydrogen-bond acceptors (Lipinski definition) is 1. The number of amides is 1. The Morgan fingerprint density at radius 3 is 2.77 bits per heavy atom. The zero-order valence-electron chi connectivity index (χ0n) is 8.12. The highest BCUT2D eigenvalue weighted by Crippen LogP contribution is 2.59. The van der Waals surface area contributed by atoms with Crippen LogP contribution in [0.5, 0.6) is 0 Å². The van der Waals surface area contributed by atoms with Gasteiger partial charge in [0, 0.05) is 13.0 Å². The first-order valence-electron chi connectivity index (χ1n) is 5.53. The molecule has 0 aromatic heterocycles. The van der Waals surface area contributed by atoms with E-state index >= 15 is 0 Å². The van der Waals surface area contributed by atoms with Gasteiger partial charge in [0.25, 0.3) is 0 Å². The summed E-state index contributed by atoms with van der Waals surface area (Å²) in [5.74, 6) is 3.84. The molecule has 13 heavy (non-hydrogen) atoms. The average Bonchev–Trinajstić information content (AvgIpc) is 2.60. The molecule has 3 aliphatic carbocycles. The van der Waals surface area contributed by atoms with Crippen molar-refractivity contribution in [2.75, 3.05) is 0 Å². The Morgan fingerprint density at radius 1 is 1.15 bits per heavy atom. The minimum Gasteiger partial charge on any atom is -0.353 e. The van der Waals surface area contributed by atoms with E-state index in [1.165, 1.54) is 25.7 Å². The van der Waals surface area contributed by atoms with Crippen molar-refractivity contribution in [1.82, 2.24) is 5.32 Å². The van der Waals surface area contributed by atoms with Crippen molar-refractivity contribution in [2.45, 2.75) is 38.6 Å². The van der Waals surface area contributed by atoms with Crippen LogP contribution in [0.15, 0.2) is 0 Å². The van der Waals surface area contributed by atoms with Gasteiger partial charge in [-0.2, -0.15) is 0 Å². The van der Waals surface area contributed by atoms with Crippen LogP contribution in [0.1, 0.15) is 32.6 Å². The minimum atomic E-state index is 0.168. The van der Waals surface area contributed by atoms with Gasteiger partial charge in [-0.05, 0) is 49.4 Å². The summed E-state index contributed by atoms with van der Waals surface area (Å²) in [5, 5.41) is 3.16. The quantitative estimate of drug-likeness (QED) is 0.650. The normalized spacial score (nSPS) is 51.3. The molecule has 1 N–H and O–H groups in total. The average molecular weight is 179 g/mol. The third kappa shape index (κ3) is 0.976. The molecule has 3 rings (SSSR count). The molecular formula is C11H17NO. The molecule has 3 fully saturated rings. The Morgan fingerprint density at radius 2 is 2.00 bits per heavy atom. The van der Waals surface area contributed by atoms with Gasteiger partial charge in [-0.3, -0.25) is 4.79 Å². The summed E-state index contributed by atoms with van der Waals surface area (Å²) >= 11 is 0. The molecule has 1 unspecified atom stereocenters. The molecule has 0 heterocycles. The summed E-state index contributed by atoms with van der Waals surface area (Å²) in [7, 11) is 0. The van der Waals surface area contributed by atoms with E-state index in [0.29, 0.717) is 6.04 Å². The van der Waals surface area contributed by atoms with E-state index in [4.69, 9.17) is 0 Å². The number of rotatable bonds is 1. The van der Waals surface area contributed by atoms with Crippen molar-refractivity contribution in [1.29, 1.82) is 0 Å². The molecule has 0 saturated heterocycles. The molecule has 2 heteroatoms. The summed E-state index contributed by atoms with van der Waals surface area (Å²) in [4.78, 5) is 11.0. The van der Waals surface area contributed by atoms with Gasteiger partial charge in [-0.1, -0.05) is 0 Å². The predicted octanol–water partition coefficient (Wildman–Crippen LogP) is 1.56. The molecule has 2 nitrogen and oxygen atoms in total. The molecule has 0 aliphatic heterocycles. The smallest absolute Gasteiger partial charge is 0.217 e. The van der Waals surface area contributed by atoms with Gasteiger partial charge >= 0.3 is 0 Å². The van der Waals surface area contributed by atoms with E-state index in [1.807, 2.05) is 0 Å². The van der Waals surface area contributed by atoms with Crippen LogP contribution in [0, 0.1) is 23.7 Å². The Balaban J connectivity index is 1.80. The van der Waals surface area contributed by atoms with Crippen molar-refractivity contribution in [3.63, 3.8) is 0 Å². The van der Waals surface area contributed by atoms with Gasteiger partial charge in [0.1, 0.15) is 0 Å². The second kappa shape index (κ2) is 2.49. The van der Waals surface area contributed by atoms with Crippen LogP contribution in [0.25, 0.3) is 0 Å². The second-order valence-electron chi connectivity index (χ2n) is 5.12. The molecule has 3 aliphatic rings. The Hall–Kier alpha value is -0.530. The van der Waals surface area contributed by atoms with Gasteiger partial charge in [-0.25, -0.2) is 0 Å². The largest absolute Gasteiger partial charge is 0.353 e. The van der Waals surface area contributed by atoms with Crippen molar-refractivity contribution < 1.29 is 4.79 Å². The lowest BCUT2D eigenvalue weighted by atomic mass is 9.85. The van der Waals surface area contributed by atoms with E-state index in [0.717, 1.165) is 23.7 Å². The maximum Gasteiger partial charge on any atom is 0.217 e. The van der Waals surface area contributed by atoms with Gasteiger partial charge in [0.2, 0.25) is 5.91 Å². The van der Waals surface area contributed by atoms with Crippen molar-refractivity contribution >= 4 is 5.91 Å². The summed E-state index contributed by atoms with van der Waals surface area (Å²) in [5.41, 5.74) is 0. The molecule has 72 valence electrons. The Bertz CT molecular complexity index is 248. The van der Waals surface area contributed by atoms with Crippen LogP contribution in [-0.2, 0) is 4.79 Å². The fourth-order valence-corrected chi connectivity index (χ4v) is 4.23. The number of carbonyl (C=O) groups is 1. The predicted molar refractivity (Wildman–Crippen MR) is 50.0 cm³/mol. The monoisotopic (exact) mass is 179 g/mol. The van der Waals surface area contributed by atoms with Gasteiger partial charge in [-0.15, -0.1) is 0 Å². The number of carbonyl (C=O) groups excluding carboxylic acids is 1. The number of nitrogens with one attached hydrogen (secondary N) is 1. The topological polar surface area (TPSA) is 29.1 Å². The highest BCUT2D eigenvalue weighted by atomic mass is 16.1. The van der Waals surface area contributed by atoms with E-state index in [1.54, 1.807) is 6.92 Å². The van der Waals surface area contributed by atoms with E-state index in [-0.39, 0.29) is 5.91 Å². The van der Waals surface area contributed by atoms with Crippen LogP contribution >= 0.6 is 0 Å². The maximum atomic E-state index is 11.0. The maximum absolute atomic E-state index is 11.0. The third-order valence-electron chi connectivity index (χ3n) is 4.55. The standard InChI is InChI=1S/C11H17NO/c1-6(13)12-11-8-4-7-2-3-9(11)10(7)5-8/h7-11H,2-5H2,1H3,(H,12,13)/t7-,8+,9-,10?,11-/m0/s1. The number of fused-ring (bicyclic) bond motifs is 1. The van der Waals surface area contributed by atoms with Crippen molar-refractivity contribution in [2.24, 2.45) is 23.7 Å². The lowest BCUT2D eigenvalue weighted by Crippen LogP contribution is -2.42. The second-order valence-corrected chi connectivity index (χ2v) is 5.12. The first-order valence-corrected chi connectivity index (χ1v) is 5.53. The molecule has 5 atom stereocenters. The highest BCUT2D eigenvalue weighted by molar-refractivity contribution is 5.73. The molecule has 0 aromatic rings. The zero-order valence-corrected chi connectivity index (χ0v) is 8.12. The van der Waals surface area contributed by atoms with Gasteiger partial charge in [0.05, 0.1) is 0 Å². The lowest BCUT2D eigenvalue weighted by molar-refractivity contribution is -0.120. The highest BCUT2D eigenvalue weighted by Gasteiger charge is 2.55. The summed E-state index contributed by atoms with van der Waals surface area (Å²) < 4.78 is 0. The first-order chi connectivity index (χ1) is 6.25. The van der Waals surface area contributed by atoms with E-state index in [9.17, 15) is 4.79 Å². The molecular weight excluding hydrogens is 162 g/mol. The fraction of sp³-hybridized carbons (Fsp3) is 0.909. The summed E-state index contributed by atoms with van der Waals surface area (Å²) in [6, 6.07) is 0.543. The third-order valence-corrected chi connectivity index (χ3v) is 4.55. The van der Waals surface area contributed by atoms with E-state index in [2.05, 4.69) is 5.32 Å². The Labute approximate surface area is 79.1 Å². The van der Waals surface area contributed by atoms with E-state index < -0.39 is 0 Å². The van der Waals surface area contributed by atoms with Crippen molar-refractivity contribution in [3.8, 4) is 0 Å². The molecule has 3 saturated carbocycles. The van der Waals surface area contributed by atoms with Crippen LogP contribution in [-0.4, -0.2) is 11.9 Å². The van der Waals surface area contributed by atoms with Crippen molar-refractivity contribution in [3.05, 3.63) is 0 Å². The molecule has 0 spiro atoms. The van der Waals surface area contributed by atoms with Crippen LogP contribution in [0.2, 0.25) is 0 Å². The fourth-order valence-electron chi connectivity index (χ4n) is 4.23. The molecule has 1 amide bonds. The molecule has 2 bridgehead atoms. The van der Waals surface area contributed by atoms with Gasteiger partial charge in [0.15, 0.2) is 0 Å². The minimum absolute atomic E-state index is 0.168. The van der Waals surface area contributed by atoms with Gasteiger partial charge < -0.3 is 5.32 Å². The SMILES string of the molecule is CC(=O)N[C@H]1[C@H]2CC3[C@@H](CC[C@@H]31)C2. The zero-order chi connectivity index (χ0) is 9.00. The lowest BCUT2D eigenvalue weighted by Gasteiger charge is -2.28. The molecule has 0 radical (unpaired) electrons. The number of hydrogen-bond donors (Lipinski definition) is 1. The summed E-state index contributed by atoms with van der Waals surface area (Å²) in [6.07, 6.45) is 5.60.